The van der Waals surface area contributed by atoms with Crippen LogP contribution in [-0.4, -0.2) is 48.9 Å². The minimum Gasteiger partial charge on any atom is -0.378 e. The number of benzene rings is 2. The number of rotatable bonds is 4. The van der Waals surface area contributed by atoms with Crippen molar-refractivity contribution in [2.45, 2.75) is 0 Å². The zero-order valence-electron chi connectivity index (χ0n) is 15.7. The van der Waals surface area contributed by atoms with E-state index in [1.54, 1.807) is 29.2 Å². The molecule has 0 radical (unpaired) electrons. The molecular weight excluding hydrogens is 413 g/mol. The molecule has 0 saturated carbocycles. The Morgan fingerprint density at radius 1 is 1.00 bits per heavy atom. The highest BCUT2D eigenvalue weighted by Crippen LogP contribution is 2.31. The van der Waals surface area contributed by atoms with Gasteiger partial charge in [0.15, 0.2) is 0 Å². The van der Waals surface area contributed by atoms with Crippen LogP contribution in [0.15, 0.2) is 59.3 Å². The van der Waals surface area contributed by atoms with E-state index < -0.39 is 17.6 Å². The SMILES string of the molecule is O=C(c1ccc(NC2=C(Cl)C(=O)N(c3ccccc3F)C2=O)cc1)N1CCOCC1. The summed E-state index contributed by atoms with van der Waals surface area (Å²) >= 11 is 6.06. The Bertz CT molecular complexity index is 1050. The van der Waals surface area contributed by atoms with Gasteiger partial charge < -0.3 is 15.0 Å². The molecule has 30 heavy (non-hydrogen) atoms. The third-order valence-corrected chi connectivity index (χ3v) is 5.17. The van der Waals surface area contributed by atoms with E-state index in [1.807, 2.05) is 0 Å². The molecule has 0 spiro atoms. The van der Waals surface area contributed by atoms with E-state index in [4.69, 9.17) is 16.3 Å². The zero-order valence-corrected chi connectivity index (χ0v) is 16.5. The minimum atomic E-state index is -0.812. The average Bonchev–Trinajstić information content (AvgIpc) is 2.98. The number of nitrogens with zero attached hydrogens (tertiary/aromatic N) is 2. The number of halogens is 2. The molecule has 2 heterocycles. The normalized spacial score (nSPS) is 17.0. The molecular formula is C21H17ClFN3O4. The van der Waals surface area contributed by atoms with Crippen molar-refractivity contribution in [3.05, 3.63) is 70.6 Å². The number of carbonyl (C=O) groups is 3. The predicted octanol–water partition coefficient (Wildman–Crippen LogP) is 2.73. The molecule has 7 nitrogen and oxygen atoms in total. The van der Waals surface area contributed by atoms with E-state index >= 15 is 0 Å². The molecule has 2 aromatic rings. The van der Waals surface area contributed by atoms with Crippen molar-refractivity contribution >= 4 is 40.7 Å². The summed E-state index contributed by atoms with van der Waals surface area (Å²) in [6.07, 6.45) is 0. The third kappa shape index (κ3) is 3.67. The van der Waals surface area contributed by atoms with Gasteiger partial charge in [0.2, 0.25) is 0 Å². The van der Waals surface area contributed by atoms with Crippen molar-refractivity contribution in [3.63, 3.8) is 0 Å². The van der Waals surface area contributed by atoms with E-state index in [2.05, 4.69) is 5.32 Å². The topological polar surface area (TPSA) is 79.0 Å². The first-order chi connectivity index (χ1) is 14.5. The number of nitrogens with one attached hydrogen (secondary N) is 1. The highest BCUT2D eigenvalue weighted by atomic mass is 35.5. The molecule has 1 fully saturated rings. The monoisotopic (exact) mass is 429 g/mol. The van der Waals surface area contributed by atoms with Crippen LogP contribution in [-0.2, 0) is 14.3 Å². The van der Waals surface area contributed by atoms with Crippen molar-refractivity contribution < 1.29 is 23.5 Å². The maximum atomic E-state index is 14.1. The molecule has 2 aliphatic rings. The second kappa shape index (κ2) is 8.25. The maximum absolute atomic E-state index is 14.1. The lowest BCUT2D eigenvalue weighted by molar-refractivity contribution is -0.120. The van der Waals surface area contributed by atoms with E-state index in [-0.39, 0.29) is 22.3 Å². The summed E-state index contributed by atoms with van der Waals surface area (Å²) in [5.74, 6) is -2.40. The van der Waals surface area contributed by atoms with E-state index in [9.17, 15) is 18.8 Å². The fraction of sp³-hybridized carbons (Fsp3) is 0.190. The fourth-order valence-corrected chi connectivity index (χ4v) is 3.47. The van der Waals surface area contributed by atoms with Gasteiger partial charge in [0.1, 0.15) is 16.5 Å². The van der Waals surface area contributed by atoms with Gasteiger partial charge in [-0.25, -0.2) is 9.29 Å². The summed E-state index contributed by atoms with van der Waals surface area (Å²) in [5, 5.41) is 2.47. The van der Waals surface area contributed by atoms with Gasteiger partial charge in [-0.05, 0) is 36.4 Å². The van der Waals surface area contributed by atoms with Crippen molar-refractivity contribution in [1.82, 2.24) is 4.90 Å². The van der Waals surface area contributed by atoms with Gasteiger partial charge in [-0.1, -0.05) is 23.7 Å². The number of amides is 3. The molecule has 0 unspecified atom stereocenters. The first-order valence-corrected chi connectivity index (χ1v) is 9.62. The van der Waals surface area contributed by atoms with Crippen LogP contribution in [0.4, 0.5) is 15.8 Å². The Labute approximate surface area is 176 Å². The first-order valence-electron chi connectivity index (χ1n) is 9.24. The molecule has 2 aromatic carbocycles. The Kier molecular flexibility index (Phi) is 5.52. The molecule has 0 atom stereocenters. The predicted molar refractivity (Wildman–Crippen MR) is 109 cm³/mol. The molecule has 3 amide bonds. The largest absolute Gasteiger partial charge is 0.378 e. The fourth-order valence-electron chi connectivity index (χ4n) is 3.25. The van der Waals surface area contributed by atoms with E-state index in [1.165, 1.54) is 18.2 Å². The quantitative estimate of drug-likeness (QED) is 0.756. The highest BCUT2D eigenvalue weighted by Gasteiger charge is 2.40. The average molecular weight is 430 g/mol. The summed E-state index contributed by atoms with van der Waals surface area (Å²) in [5.41, 5.74) is 0.619. The zero-order chi connectivity index (χ0) is 21.3. The van der Waals surface area contributed by atoms with Crippen LogP contribution in [0.3, 0.4) is 0 Å². The second-order valence-electron chi connectivity index (χ2n) is 6.69. The third-order valence-electron chi connectivity index (χ3n) is 4.82. The maximum Gasteiger partial charge on any atom is 0.283 e. The number of ether oxygens (including phenoxy) is 1. The summed E-state index contributed by atoms with van der Waals surface area (Å²) in [6.45, 7) is 2.08. The van der Waals surface area contributed by atoms with Gasteiger partial charge >= 0.3 is 0 Å². The summed E-state index contributed by atoms with van der Waals surface area (Å²) < 4.78 is 19.3. The van der Waals surface area contributed by atoms with Gasteiger partial charge in [-0.3, -0.25) is 14.4 Å². The van der Waals surface area contributed by atoms with E-state index in [0.717, 1.165) is 6.07 Å². The Morgan fingerprint density at radius 2 is 1.67 bits per heavy atom. The Hall–Kier alpha value is -3.23. The van der Waals surface area contributed by atoms with Crippen molar-refractivity contribution in [2.75, 3.05) is 36.5 Å². The van der Waals surface area contributed by atoms with Gasteiger partial charge in [0, 0.05) is 24.3 Å². The van der Waals surface area contributed by atoms with Crippen LogP contribution < -0.4 is 10.2 Å². The number of imide groups is 1. The van der Waals surface area contributed by atoms with Gasteiger partial charge in [-0.2, -0.15) is 0 Å². The van der Waals surface area contributed by atoms with Gasteiger partial charge in [-0.15, -0.1) is 0 Å². The summed E-state index contributed by atoms with van der Waals surface area (Å²) in [7, 11) is 0. The van der Waals surface area contributed by atoms with Crippen LogP contribution in [0.5, 0.6) is 0 Å². The molecule has 0 aromatic heterocycles. The minimum absolute atomic E-state index is 0.111. The number of anilines is 2. The Morgan fingerprint density at radius 3 is 2.33 bits per heavy atom. The van der Waals surface area contributed by atoms with Crippen LogP contribution >= 0.6 is 11.6 Å². The molecule has 154 valence electrons. The molecule has 4 rings (SSSR count). The first kappa shape index (κ1) is 20.1. The standard InChI is InChI=1S/C21H17ClFN3O4/c22-17-18(21(29)26(20(17)28)16-4-2-1-3-15(16)23)24-14-7-5-13(6-8-14)19(27)25-9-11-30-12-10-25/h1-8,24H,9-12H2. The van der Waals surface area contributed by atoms with Crippen molar-refractivity contribution in [1.29, 1.82) is 0 Å². The molecule has 2 aliphatic heterocycles. The second-order valence-corrected chi connectivity index (χ2v) is 7.07. The van der Waals surface area contributed by atoms with Gasteiger partial charge in [0.25, 0.3) is 17.7 Å². The number of hydrogen-bond donors (Lipinski definition) is 1. The number of hydrogen-bond acceptors (Lipinski definition) is 5. The van der Waals surface area contributed by atoms with Crippen LogP contribution in [0.25, 0.3) is 0 Å². The van der Waals surface area contributed by atoms with Gasteiger partial charge in [0.05, 0.1) is 18.9 Å². The van der Waals surface area contributed by atoms with Crippen molar-refractivity contribution in [3.8, 4) is 0 Å². The summed E-state index contributed by atoms with van der Waals surface area (Å²) in [4.78, 5) is 40.1. The lowest BCUT2D eigenvalue weighted by atomic mass is 10.1. The van der Waals surface area contributed by atoms with Crippen LogP contribution in [0.2, 0.25) is 0 Å². The molecule has 1 saturated heterocycles. The van der Waals surface area contributed by atoms with Crippen LogP contribution in [0, 0.1) is 5.82 Å². The molecule has 0 aliphatic carbocycles. The smallest absolute Gasteiger partial charge is 0.283 e. The van der Waals surface area contributed by atoms with Crippen molar-refractivity contribution in [2.24, 2.45) is 0 Å². The number of carbonyl (C=O) groups excluding carboxylic acids is 3. The molecule has 0 bridgehead atoms. The summed E-state index contributed by atoms with van der Waals surface area (Å²) in [6, 6.07) is 11.9. The lowest BCUT2D eigenvalue weighted by Gasteiger charge is -2.26. The van der Waals surface area contributed by atoms with Crippen LogP contribution in [0.1, 0.15) is 10.4 Å². The number of morpholine rings is 1. The highest BCUT2D eigenvalue weighted by molar-refractivity contribution is 6.53. The molecule has 9 heteroatoms. The number of para-hydroxylation sites is 1. The Balaban J connectivity index is 1.51. The lowest BCUT2D eigenvalue weighted by Crippen LogP contribution is -2.40. The van der Waals surface area contributed by atoms with E-state index in [0.29, 0.717) is 42.5 Å². The molecule has 1 N–H and O–H groups in total.